The minimum atomic E-state index is -5.13. The van der Waals surface area contributed by atoms with E-state index in [2.05, 4.69) is 13.8 Å². The zero-order valence-electron chi connectivity index (χ0n) is 31.7. The van der Waals surface area contributed by atoms with Gasteiger partial charge in [-0.3, -0.25) is 9.59 Å². The second-order valence-electron chi connectivity index (χ2n) is 14.0. The van der Waals surface area contributed by atoms with Gasteiger partial charge in [0.15, 0.2) is 31.4 Å². The normalized spacial score (nSPS) is 20.7. The van der Waals surface area contributed by atoms with Crippen molar-refractivity contribution in [3.8, 4) is 0 Å². The molecule has 1 fully saturated rings. The number of hydrogen-bond acceptors (Lipinski definition) is 8. The van der Waals surface area contributed by atoms with Crippen LogP contribution in [0.4, 0.5) is 0 Å². The Labute approximate surface area is 321 Å². The van der Waals surface area contributed by atoms with E-state index in [0.717, 1.165) is 38.5 Å². The molecule has 0 radical (unpaired) electrons. The molecule has 0 aromatic rings. The standard InChI is InChI=1S/C38H73O9P.Na/c1-3-5-7-9-11-13-15-17-19-21-23-25-27-29-33(40)37-35(32-45-34(31-39)38(47-37)48(42,43)44)46-36(41)30-28-26-24-22-20-18-16-14-12-10-8-6-4-2;/h34-35,37-39H,3-32H2,1-2H3,(H2,42,43,44);/q;+1/p-1. The maximum absolute atomic E-state index is 13.3. The summed E-state index contributed by atoms with van der Waals surface area (Å²) in [5.74, 6) is -2.81. The van der Waals surface area contributed by atoms with Gasteiger partial charge in [0.2, 0.25) is 0 Å². The molecule has 1 rings (SSSR count). The van der Waals surface area contributed by atoms with Crippen molar-refractivity contribution < 1.29 is 72.8 Å². The van der Waals surface area contributed by atoms with Crippen LogP contribution >= 0.6 is 7.60 Å². The number of carbonyl (C=O) groups is 2. The Morgan fingerprint density at radius 1 is 0.673 bits per heavy atom. The summed E-state index contributed by atoms with van der Waals surface area (Å²) in [5, 5.41) is 9.70. The Balaban J connectivity index is 0.0000230. The Hall–Kier alpha value is 0.170. The summed E-state index contributed by atoms with van der Waals surface area (Å²) >= 11 is 0. The molecule has 0 spiro atoms. The fraction of sp³-hybridized carbons (Fsp3) is 0.947. The van der Waals surface area contributed by atoms with E-state index in [0.29, 0.717) is 12.8 Å². The van der Waals surface area contributed by atoms with Crippen molar-refractivity contribution in [2.45, 2.75) is 218 Å². The van der Waals surface area contributed by atoms with Crippen molar-refractivity contribution in [2.24, 2.45) is 0 Å². The quantitative estimate of drug-likeness (QED) is 0.0365. The first kappa shape index (κ1) is 49.2. The van der Waals surface area contributed by atoms with E-state index in [1.165, 1.54) is 116 Å². The summed E-state index contributed by atoms with van der Waals surface area (Å²) in [6.45, 7) is 3.43. The van der Waals surface area contributed by atoms with Crippen LogP contribution in [0, 0.1) is 0 Å². The zero-order chi connectivity index (χ0) is 35.3. The molecule has 49 heavy (non-hydrogen) atoms. The van der Waals surface area contributed by atoms with Gasteiger partial charge < -0.3 is 33.7 Å². The molecule has 1 saturated heterocycles. The minimum absolute atomic E-state index is 0. The van der Waals surface area contributed by atoms with Crippen LogP contribution in [0.3, 0.4) is 0 Å². The number of esters is 1. The van der Waals surface area contributed by atoms with Gasteiger partial charge in [0.1, 0.15) is 6.10 Å². The Bertz CT molecular complexity index is 840. The second kappa shape index (κ2) is 32.8. The van der Waals surface area contributed by atoms with Crippen molar-refractivity contribution in [1.82, 2.24) is 0 Å². The van der Waals surface area contributed by atoms with Crippen molar-refractivity contribution in [1.29, 1.82) is 0 Å². The fourth-order valence-corrected chi connectivity index (χ4v) is 7.38. The Morgan fingerprint density at radius 2 is 1.04 bits per heavy atom. The van der Waals surface area contributed by atoms with Crippen LogP contribution in [0.2, 0.25) is 0 Å². The van der Waals surface area contributed by atoms with Crippen LogP contribution in [0.5, 0.6) is 0 Å². The molecule has 1 heterocycles. The number of hydrogen-bond donors (Lipinski definition) is 2. The summed E-state index contributed by atoms with van der Waals surface area (Å²) in [4.78, 5) is 47.9. The zero-order valence-corrected chi connectivity index (χ0v) is 34.6. The topological polar surface area (TPSA) is 142 Å². The summed E-state index contributed by atoms with van der Waals surface area (Å²) in [5.41, 5.74) is 0. The largest absolute Gasteiger partial charge is 1.00 e. The Kier molecular flexibility index (Phi) is 32.9. The van der Waals surface area contributed by atoms with Crippen molar-refractivity contribution in [2.75, 3.05) is 13.2 Å². The molecule has 0 aromatic heterocycles. The molecule has 284 valence electrons. The summed E-state index contributed by atoms with van der Waals surface area (Å²) in [6.07, 6.45) is 27.1. The van der Waals surface area contributed by atoms with Gasteiger partial charge in [-0.2, -0.15) is 0 Å². The Morgan fingerprint density at radius 3 is 1.41 bits per heavy atom. The van der Waals surface area contributed by atoms with Crippen LogP contribution in [-0.2, 0) is 28.4 Å². The third-order valence-corrected chi connectivity index (χ3v) is 10.6. The number of ketones is 1. The maximum Gasteiger partial charge on any atom is 1.00 e. The van der Waals surface area contributed by atoms with Gasteiger partial charge in [0.05, 0.1) is 13.2 Å². The molecular formula is C38H72NaO9P. The van der Waals surface area contributed by atoms with Crippen LogP contribution in [0.15, 0.2) is 0 Å². The number of Topliss-reactive ketones (excluding diaryl/α,β-unsaturated/α-hetero) is 1. The third kappa shape index (κ3) is 25.7. The van der Waals surface area contributed by atoms with Crippen molar-refractivity contribution in [3.05, 3.63) is 0 Å². The van der Waals surface area contributed by atoms with E-state index in [-0.39, 0.29) is 49.0 Å². The molecule has 11 heteroatoms. The predicted octanol–water partition coefficient (Wildman–Crippen LogP) is 6.08. The average Bonchev–Trinajstić information content (AvgIpc) is 3.25. The minimum Gasteiger partial charge on any atom is -0.777 e. The monoisotopic (exact) mass is 726 g/mol. The number of aliphatic hydroxyl groups is 1. The maximum atomic E-state index is 13.3. The molecule has 5 unspecified atom stereocenters. The van der Waals surface area contributed by atoms with Gasteiger partial charge in [0.25, 0.3) is 0 Å². The van der Waals surface area contributed by atoms with Gasteiger partial charge in [-0.15, -0.1) is 0 Å². The molecule has 2 N–H and O–H groups in total. The first-order valence-corrected chi connectivity index (χ1v) is 21.5. The average molecular weight is 727 g/mol. The number of rotatable bonds is 32. The molecule has 0 saturated carbocycles. The molecule has 9 nitrogen and oxygen atoms in total. The van der Waals surface area contributed by atoms with Gasteiger partial charge in [-0.1, -0.05) is 168 Å². The van der Waals surface area contributed by atoms with E-state index in [4.69, 9.17) is 14.2 Å². The predicted molar refractivity (Wildman–Crippen MR) is 191 cm³/mol. The SMILES string of the molecule is CCCCCCCCCCCCCCCC(=O)OC1COC(CO)C(P(=O)([O-])O)OC1C(=O)CCCCCCCCCCCCCCC.[Na+]. The van der Waals surface area contributed by atoms with E-state index in [1.54, 1.807) is 0 Å². The second-order valence-corrected chi connectivity index (χ2v) is 15.7. The molecule has 1 aliphatic rings. The molecule has 0 aromatic carbocycles. The van der Waals surface area contributed by atoms with E-state index in [9.17, 15) is 29.0 Å². The molecule has 0 amide bonds. The van der Waals surface area contributed by atoms with Crippen molar-refractivity contribution >= 4 is 19.3 Å². The number of unbranched alkanes of at least 4 members (excludes halogenated alkanes) is 24. The first-order chi connectivity index (χ1) is 23.2. The van der Waals surface area contributed by atoms with Crippen LogP contribution in [0.1, 0.15) is 194 Å². The van der Waals surface area contributed by atoms with Crippen LogP contribution in [-0.4, -0.2) is 59.1 Å². The van der Waals surface area contributed by atoms with Crippen LogP contribution in [0.25, 0.3) is 0 Å². The van der Waals surface area contributed by atoms with Crippen molar-refractivity contribution in [3.63, 3.8) is 0 Å². The van der Waals surface area contributed by atoms with Gasteiger partial charge in [0, 0.05) is 12.8 Å². The van der Waals surface area contributed by atoms with Gasteiger partial charge in [-0.25, -0.2) is 0 Å². The fourth-order valence-electron chi connectivity index (χ4n) is 6.50. The van der Waals surface area contributed by atoms with Gasteiger partial charge >= 0.3 is 35.5 Å². The summed E-state index contributed by atoms with van der Waals surface area (Å²) < 4.78 is 28.8. The van der Waals surface area contributed by atoms with E-state index in [1.807, 2.05) is 0 Å². The first-order valence-electron chi connectivity index (χ1n) is 19.9. The van der Waals surface area contributed by atoms with E-state index < -0.39 is 50.1 Å². The number of aliphatic hydroxyl groups excluding tert-OH is 1. The van der Waals surface area contributed by atoms with Gasteiger partial charge in [-0.05, 0) is 12.8 Å². The smallest absolute Gasteiger partial charge is 0.777 e. The third-order valence-electron chi connectivity index (χ3n) is 9.53. The molecule has 0 aliphatic carbocycles. The summed E-state index contributed by atoms with van der Waals surface area (Å²) in [7, 11) is -5.13. The molecular weight excluding hydrogens is 654 g/mol. The summed E-state index contributed by atoms with van der Waals surface area (Å²) in [6, 6.07) is 0. The van der Waals surface area contributed by atoms with Crippen LogP contribution < -0.4 is 34.5 Å². The molecule has 0 bridgehead atoms. The molecule has 1 aliphatic heterocycles. The number of ether oxygens (including phenoxy) is 3. The van der Waals surface area contributed by atoms with E-state index >= 15 is 0 Å². The molecule has 5 atom stereocenters. The number of carbonyl (C=O) groups excluding carboxylic acids is 2.